The third-order valence-electron chi connectivity index (χ3n) is 3.09. The fraction of sp³-hybridized carbons (Fsp3) is 0.167. The average molecular weight is 350 g/mol. The smallest absolute Gasteiger partial charge is 0.338 e. The van der Waals surface area contributed by atoms with E-state index >= 15 is 0 Å². The number of hydrogen-bond acceptors (Lipinski definition) is 5. The first-order valence-electron chi connectivity index (χ1n) is 7.04. The van der Waals surface area contributed by atoms with Crippen molar-refractivity contribution in [1.29, 1.82) is 0 Å². The summed E-state index contributed by atoms with van der Waals surface area (Å²) in [5, 5.41) is 0. The molecule has 0 radical (unpaired) electrons. The molecule has 0 spiro atoms. The number of ether oxygens (including phenoxy) is 2. The number of alkyl halides is 2. The quantitative estimate of drug-likeness (QED) is 0.621. The van der Waals surface area contributed by atoms with Crippen LogP contribution in [-0.4, -0.2) is 32.4 Å². The lowest BCUT2D eigenvalue weighted by Crippen LogP contribution is -2.05. The molecular formula is C18H16F2O5. The highest BCUT2D eigenvalue weighted by molar-refractivity contribution is 5.98. The molecule has 0 saturated heterocycles. The Morgan fingerprint density at radius 2 is 1.36 bits per heavy atom. The van der Waals surface area contributed by atoms with Gasteiger partial charge < -0.3 is 9.47 Å². The number of benzene rings is 2. The van der Waals surface area contributed by atoms with Gasteiger partial charge in [-0.2, -0.15) is 0 Å². The van der Waals surface area contributed by atoms with Crippen LogP contribution in [0.15, 0.2) is 48.5 Å². The van der Waals surface area contributed by atoms with Crippen molar-refractivity contribution < 1.29 is 32.6 Å². The molecule has 0 fully saturated rings. The van der Waals surface area contributed by atoms with Crippen molar-refractivity contribution in [2.75, 3.05) is 14.2 Å². The number of esters is 2. The van der Waals surface area contributed by atoms with Gasteiger partial charge in [-0.25, -0.2) is 18.4 Å². The van der Waals surface area contributed by atoms with E-state index in [1.54, 1.807) is 24.3 Å². The molecule has 0 atom stereocenters. The Hall–Kier alpha value is -3.09. The normalized spacial score (nSPS) is 9.64. The maximum absolute atomic E-state index is 12.3. The number of methoxy groups -OCH3 is 2. The van der Waals surface area contributed by atoms with Gasteiger partial charge in [-0.05, 0) is 12.1 Å². The van der Waals surface area contributed by atoms with Crippen molar-refractivity contribution in [2.45, 2.75) is 6.43 Å². The highest BCUT2D eigenvalue weighted by atomic mass is 19.3. The Kier molecular flexibility index (Phi) is 7.92. The van der Waals surface area contributed by atoms with Crippen LogP contribution < -0.4 is 0 Å². The summed E-state index contributed by atoms with van der Waals surface area (Å²) in [5.74, 6) is -1.23. The fourth-order valence-electron chi connectivity index (χ4n) is 1.88. The predicted molar refractivity (Wildman–Crippen MR) is 85.9 cm³/mol. The molecule has 7 heteroatoms. The zero-order valence-electron chi connectivity index (χ0n) is 13.6. The Bertz CT molecular complexity index is 744. The van der Waals surface area contributed by atoms with Gasteiger partial charge in [-0.15, -0.1) is 0 Å². The summed E-state index contributed by atoms with van der Waals surface area (Å²) in [6.45, 7) is 0. The van der Waals surface area contributed by atoms with Gasteiger partial charge in [0.25, 0.3) is 6.43 Å². The molecule has 2 aromatic carbocycles. The number of carbonyl (C=O) groups excluding carboxylic acids is 3. The molecule has 132 valence electrons. The molecule has 0 heterocycles. The lowest BCUT2D eigenvalue weighted by Gasteiger charge is -2.05. The Morgan fingerprint density at radius 3 is 1.88 bits per heavy atom. The van der Waals surface area contributed by atoms with Crippen molar-refractivity contribution in [3.8, 4) is 0 Å². The van der Waals surface area contributed by atoms with E-state index in [9.17, 15) is 23.2 Å². The Labute approximate surface area is 143 Å². The summed E-state index contributed by atoms with van der Waals surface area (Å²) in [6, 6.07) is 12.0. The maximum atomic E-state index is 12.3. The highest BCUT2D eigenvalue weighted by Crippen LogP contribution is 2.22. The highest BCUT2D eigenvalue weighted by Gasteiger charge is 2.17. The van der Waals surface area contributed by atoms with Crippen molar-refractivity contribution in [1.82, 2.24) is 0 Å². The van der Waals surface area contributed by atoms with E-state index in [0.717, 1.165) is 7.11 Å². The van der Waals surface area contributed by atoms with Crippen LogP contribution in [0, 0.1) is 0 Å². The van der Waals surface area contributed by atoms with Gasteiger partial charge in [-0.1, -0.05) is 36.4 Å². The minimum Gasteiger partial charge on any atom is -0.465 e. The first-order chi connectivity index (χ1) is 12.0. The van der Waals surface area contributed by atoms with Crippen LogP contribution in [0.25, 0.3) is 0 Å². The number of rotatable bonds is 4. The van der Waals surface area contributed by atoms with E-state index in [0.29, 0.717) is 17.4 Å². The molecule has 0 aliphatic carbocycles. The maximum Gasteiger partial charge on any atom is 0.338 e. The molecule has 0 unspecified atom stereocenters. The lowest BCUT2D eigenvalue weighted by atomic mass is 10.1. The summed E-state index contributed by atoms with van der Waals surface area (Å²) in [7, 11) is 2.44. The molecule has 0 aliphatic rings. The number of hydrogen-bond donors (Lipinski definition) is 0. The van der Waals surface area contributed by atoms with Crippen molar-refractivity contribution in [2.24, 2.45) is 0 Å². The van der Waals surface area contributed by atoms with Gasteiger partial charge in [0.2, 0.25) is 0 Å². The molecule has 5 nitrogen and oxygen atoms in total. The van der Waals surface area contributed by atoms with Crippen molar-refractivity contribution in [3.63, 3.8) is 0 Å². The molecule has 0 aromatic heterocycles. The van der Waals surface area contributed by atoms with Gasteiger partial charge in [0.1, 0.15) is 0 Å². The second-order valence-corrected chi connectivity index (χ2v) is 4.58. The van der Waals surface area contributed by atoms with Crippen LogP contribution in [0.2, 0.25) is 0 Å². The van der Waals surface area contributed by atoms with Gasteiger partial charge in [0.05, 0.1) is 25.3 Å². The van der Waals surface area contributed by atoms with E-state index in [4.69, 9.17) is 0 Å². The predicted octanol–water partition coefficient (Wildman–Crippen LogP) is 3.70. The molecule has 0 saturated carbocycles. The second-order valence-electron chi connectivity index (χ2n) is 4.58. The minimum atomic E-state index is -2.66. The average Bonchev–Trinajstić information content (AvgIpc) is 2.67. The Balaban J connectivity index is 0.000000251. The zero-order valence-corrected chi connectivity index (χ0v) is 13.6. The van der Waals surface area contributed by atoms with E-state index in [1.807, 2.05) is 0 Å². The summed E-state index contributed by atoms with van der Waals surface area (Å²) in [6.07, 6.45) is -2.03. The second kappa shape index (κ2) is 9.92. The third-order valence-corrected chi connectivity index (χ3v) is 3.09. The van der Waals surface area contributed by atoms with Gasteiger partial charge in [0.15, 0.2) is 6.29 Å². The molecule has 2 rings (SSSR count). The lowest BCUT2D eigenvalue weighted by molar-refractivity contribution is 0.0585. The van der Waals surface area contributed by atoms with Crippen molar-refractivity contribution >= 4 is 18.2 Å². The van der Waals surface area contributed by atoms with Gasteiger partial charge in [0, 0.05) is 11.1 Å². The molecule has 2 aromatic rings. The van der Waals surface area contributed by atoms with Crippen LogP contribution in [0.1, 0.15) is 43.1 Å². The van der Waals surface area contributed by atoms with Crippen LogP contribution in [-0.2, 0) is 9.47 Å². The summed E-state index contributed by atoms with van der Waals surface area (Å²) >= 11 is 0. The van der Waals surface area contributed by atoms with Gasteiger partial charge in [-0.3, -0.25) is 4.79 Å². The van der Waals surface area contributed by atoms with Crippen LogP contribution in [0.3, 0.4) is 0 Å². The summed E-state index contributed by atoms with van der Waals surface area (Å²) < 4.78 is 33.5. The van der Waals surface area contributed by atoms with Crippen LogP contribution in [0.5, 0.6) is 0 Å². The number of aldehydes is 1. The van der Waals surface area contributed by atoms with E-state index in [2.05, 4.69) is 9.47 Å². The van der Waals surface area contributed by atoms with Crippen LogP contribution in [0.4, 0.5) is 8.78 Å². The minimum absolute atomic E-state index is 0.0833. The SMILES string of the molecule is COC(=O)c1ccccc1C(F)F.COC(=O)c1ccccc1C=O. The van der Waals surface area contributed by atoms with E-state index in [-0.39, 0.29) is 11.1 Å². The third kappa shape index (κ3) is 5.49. The zero-order chi connectivity index (χ0) is 18.8. The van der Waals surface area contributed by atoms with Crippen molar-refractivity contribution in [3.05, 3.63) is 70.8 Å². The number of halogens is 2. The largest absolute Gasteiger partial charge is 0.465 e. The molecule has 0 amide bonds. The summed E-state index contributed by atoms with van der Waals surface area (Å²) in [5.41, 5.74) is 0.272. The Morgan fingerprint density at radius 1 is 0.880 bits per heavy atom. The van der Waals surface area contributed by atoms with E-state index < -0.39 is 18.4 Å². The molecule has 0 bridgehead atoms. The van der Waals surface area contributed by atoms with Gasteiger partial charge >= 0.3 is 11.9 Å². The molecule has 25 heavy (non-hydrogen) atoms. The molecule has 0 aliphatic heterocycles. The van der Waals surface area contributed by atoms with Crippen LogP contribution >= 0.6 is 0 Å². The molecular weight excluding hydrogens is 334 g/mol. The molecule has 0 N–H and O–H groups in total. The fourth-order valence-corrected chi connectivity index (χ4v) is 1.88. The monoisotopic (exact) mass is 350 g/mol. The summed E-state index contributed by atoms with van der Waals surface area (Å²) in [4.78, 5) is 32.4. The standard InChI is InChI=1S/C9H8F2O2.C9H8O3/c1-13-9(12)7-5-3-2-4-6(7)8(10)11;1-12-9(11)8-5-3-2-4-7(8)6-10/h2-5,8H,1H3;2-6H,1H3. The number of carbonyl (C=O) groups is 3. The first kappa shape index (κ1) is 20.0. The van der Waals surface area contributed by atoms with E-state index in [1.165, 1.54) is 31.4 Å². The topological polar surface area (TPSA) is 69.7 Å². The first-order valence-corrected chi connectivity index (χ1v) is 7.04.